The Balaban J connectivity index is 2.42. The van der Waals surface area contributed by atoms with E-state index in [9.17, 15) is 24.9 Å². The normalized spacial score (nSPS) is 25.4. The monoisotopic (exact) mass is 436 g/mol. The molecule has 1 aliphatic heterocycles. The Bertz CT molecular complexity index is 795. The van der Waals surface area contributed by atoms with E-state index in [-0.39, 0.29) is 19.6 Å². The number of aliphatic hydroxyl groups is 3. The third-order valence-corrected chi connectivity index (χ3v) is 4.83. The van der Waals surface area contributed by atoms with E-state index < -0.39 is 48.2 Å². The number of ether oxygens (including phenoxy) is 4. The molecule has 0 aliphatic carbocycles. The summed E-state index contributed by atoms with van der Waals surface area (Å²) in [6, 6.07) is 8.65. The van der Waals surface area contributed by atoms with Crippen LogP contribution in [0.3, 0.4) is 0 Å². The fraction of sp³-hybridized carbons (Fsp3) is 0.545. The summed E-state index contributed by atoms with van der Waals surface area (Å²) in [7, 11) is 0. The van der Waals surface area contributed by atoms with E-state index >= 15 is 0 Å². The van der Waals surface area contributed by atoms with Crippen molar-refractivity contribution in [3.05, 3.63) is 35.9 Å². The van der Waals surface area contributed by atoms with Gasteiger partial charge in [0.05, 0.1) is 19.8 Å². The van der Waals surface area contributed by atoms with E-state index in [2.05, 4.69) is 11.8 Å². The zero-order valence-electron chi connectivity index (χ0n) is 17.7. The fourth-order valence-electron chi connectivity index (χ4n) is 3.27. The van der Waals surface area contributed by atoms with Gasteiger partial charge < -0.3 is 34.3 Å². The minimum absolute atomic E-state index is 0.0132. The van der Waals surface area contributed by atoms with E-state index in [1.165, 1.54) is 6.92 Å². The molecule has 2 rings (SSSR count). The Kier molecular flexibility index (Phi) is 8.56. The summed E-state index contributed by atoms with van der Waals surface area (Å²) in [6.45, 7) is 4.01. The van der Waals surface area contributed by atoms with E-state index in [1.54, 1.807) is 44.2 Å². The van der Waals surface area contributed by atoms with Crippen LogP contribution in [0.25, 0.3) is 0 Å². The number of benzene rings is 1. The van der Waals surface area contributed by atoms with Crippen LogP contribution in [0.4, 0.5) is 0 Å². The number of esters is 2. The second kappa shape index (κ2) is 10.7. The molecule has 1 unspecified atom stereocenters. The molecule has 1 saturated heterocycles. The van der Waals surface area contributed by atoms with Crippen molar-refractivity contribution in [2.24, 2.45) is 0 Å². The summed E-state index contributed by atoms with van der Waals surface area (Å²) in [6.07, 6.45) is -5.03. The van der Waals surface area contributed by atoms with Crippen LogP contribution in [-0.4, -0.2) is 76.8 Å². The fourth-order valence-corrected chi connectivity index (χ4v) is 3.27. The first kappa shape index (κ1) is 24.8. The number of hydrogen-bond acceptors (Lipinski definition) is 9. The van der Waals surface area contributed by atoms with Crippen LogP contribution in [0, 0.1) is 11.8 Å². The van der Waals surface area contributed by atoms with Crippen LogP contribution >= 0.6 is 0 Å². The Morgan fingerprint density at radius 3 is 2.23 bits per heavy atom. The second-order valence-electron chi connectivity index (χ2n) is 6.90. The molecule has 9 heteroatoms. The number of carbonyl (C=O) groups is 2. The van der Waals surface area contributed by atoms with E-state index in [0.29, 0.717) is 5.56 Å². The van der Waals surface area contributed by atoms with Crippen molar-refractivity contribution in [1.82, 2.24) is 0 Å². The van der Waals surface area contributed by atoms with Crippen molar-refractivity contribution in [3.63, 3.8) is 0 Å². The molecule has 31 heavy (non-hydrogen) atoms. The van der Waals surface area contributed by atoms with Crippen molar-refractivity contribution in [2.45, 2.75) is 56.9 Å². The van der Waals surface area contributed by atoms with Gasteiger partial charge >= 0.3 is 11.9 Å². The Morgan fingerprint density at radius 2 is 1.71 bits per heavy atom. The highest BCUT2D eigenvalue weighted by Gasteiger charge is 2.57. The van der Waals surface area contributed by atoms with Gasteiger partial charge in [-0.1, -0.05) is 36.3 Å². The topological polar surface area (TPSA) is 132 Å². The van der Waals surface area contributed by atoms with Crippen LogP contribution < -0.4 is 0 Å². The van der Waals surface area contributed by atoms with Crippen LogP contribution in [-0.2, 0) is 35.0 Å². The maximum atomic E-state index is 12.9. The SMILES string of the molecule is CC#C[C@@]1(O)[C@@H](COC(Cc2ccccc2)(C(=O)OCC)C(=O)OCC)OC(O)[C@@H]1O. The van der Waals surface area contributed by atoms with Crippen molar-refractivity contribution in [2.75, 3.05) is 19.8 Å². The van der Waals surface area contributed by atoms with Gasteiger partial charge in [0.1, 0.15) is 12.2 Å². The number of aliphatic hydroxyl groups excluding tert-OH is 2. The molecule has 0 bridgehead atoms. The molecule has 170 valence electrons. The van der Waals surface area contributed by atoms with Crippen molar-refractivity contribution in [1.29, 1.82) is 0 Å². The molecule has 1 heterocycles. The minimum atomic E-state index is -2.20. The summed E-state index contributed by atoms with van der Waals surface area (Å²) in [4.78, 5) is 25.9. The summed E-state index contributed by atoms with van der Waals surface area (Å²) >= 11 is 0. The van der Waals surface area contributed by atoms with Crippen molar-refractivity contribution < 1.29 is 43.9 Å². The lowest BCUT2D eigenvalue weighted by atomic mass is 9.91. The van der Waals surface area contributed by atoms with Gasteiger partial charge in [-0.3, -0.25) is 0 Å². The summed E-state index contributed by atoms with van der Waals surface area (Å²) < 4.78 is 21.2. The van der Waals surface area contributed by atoms with E-state index in [1.807, 2.05) is 0 Å². The zero-order chi connectivity index (χ0) is 23.1. The smallest absolute Gasteiger partial charge is 0.350 e. The standard InChI is InChI=1S/C22H28O9/c1-4-12-21(27)16(31-18(24)17(21)23)14-30-22(19(25)28-5-2,20(26)29-6-3)13-15-10-8-7-9-11-15/h7-11,16-18,23-24,27H,5-6,13-14H2,1-3H3/t16-,17+,18?,21-/m1/s1. The largest absolute Gasteiger partial charge is 0.463 e. The van der Waals surface area contributed by atoms with Gasteiger partial charge in [-0.25, -0.2) is 9.59 Å². The van der Waals surface area contributed by atoms with Crippen LogP contribution in [0.5, 0.6) is 0 Å². The zero-order valence-corrected chi connectivity index (χ0v) is 17.7. The predicted octanol–water partition coefficient (Wildman–Crippen LogP) is -0.0568. The van der Waals surface area contributed by atoms with Crippen LogP contribution in [0.1, 0.15) is 26.3 Å². The molecule has 1 fully saturated rings. The highest BCUT2D eigenvalue weighted by Crippen LogP contribution is 2.32. The molecule has 4 atom stereocenters. The lowest BCUT2D eigenvalue weighted by molar-refractivity contribution is -0.200. The van der Waals surface area contributed by atoms with Gasteiger partial charge in [0.25, 0.3) is 5.60 Å². The first-order valence-electron chi connectivity index (χ1n) is 9.95. The molecule has 0 aromatic heterocycles. The molecule has 1 aromatic carbocycles. The molecule has 9 nitrogen and oxygen atoms in total. The molecular formula is C22H28O9. The molecule has 0 spiro atoms. The van der Waals surface area contributed by atoms with E-state index in [4.69, 9.17) is 18.9 Å². The Hall–Kier alpha value is -2.48. The molecule has 3 N–H and O–H groups in total. The van der Waals surface area contributed by atoms with Gasteiger partial charge in [-0.2, -0.15) is 0 Å². The number of hydrogen-bond donors (Lipinski definition) is 3. The molecule has 0 radical (unpaired) electrons. The van der Waals surface area contributed by atoms with Crippen LogP contribution in [0.2, 0.25) is 0 Å². The number of rotatable bonds is 9. The second-order valence-corrected chi connectivity index (χ2v) is 6.90. The lowest BCUT2D eigenvalue weighted by Crippen LogP contribution is -2.56. The first-order valence-corrected chi connectivity index (χ1v) is 9.95. The van der Waals surface area contributed by atoms with Crippen molar-refractivity contribution >= 4 is 11.9 Å². The highest BCUT2D eigenvalue weighted by atomic mass is 16.7. The van der Waals surface area contributed by atoms with Crippen molar-refractivity contribution in [3.8, 4) is 11.8 Å². The predicted molar refractivity (Wildman–Crippen MR) is 107 cm³/mol. The third-order valence-electron chi connectivity index (χ3n) is 4.83. The maximum absolute atomic E-state index is 12.9. The Labute approximate surface area is 180 Å². The Morgan fingerprint density at radius 1 is 1.13 bits per heavy atom. The van der Waals surface area contributed by atoms with Crippen LogP contribution in [0.15, 0.2) is 30.3 Å². The third kappa shape index (κ3) is 5.23. The lowest BCUT2D eigenvalue weighted by Gasteiger charge is -2.32. The average molecular weight is 436 g/mol. The summed E-state index contributed by atoms with van der Waals surface area (Å²) in [5.41, 5.74) is -3.77. The summed E-state index contributed by atoms with van der Waals surface area (Å²) in [5.74, 6) is 2.93. The van der Waals surface area contributed by atoms with Gasteiger partial charge in [0, 0.05) is 6.42 Å². The maximum Gasteiger partial charge on any atom is 0.350 e. The molecule has 0 saturated carbocycles. The number of carbonyl (C=O) groups excluding carboxylic acids is 2. The van der Waals surface area contributed by atoms with Gasteiger partial charge in [-0.15, -0.1) is 5.92 Å². The molecule has 1 aliphatic rings. The van der Waals surface area contributed by atoms with Gasteiger partial charge in [0.2, 0.25) is 0 Å². The molecule has 0 amide bonds. The first-order chi connectivity index (χ1) is 14.7. The summed E-state index contributed by atoms with van der Waals surface area (Å²) in [5, 5.41) is 30.7. The highest BCUT2D eigenvalue weighted by molar-refractivity contribution is 6.04. The van der Waals surface area contributed by atoms with Gasteiger partial charge in [-0.05, 0) is 26.3 Å². The quantitative estimate of drug-likeness (QED) is 0.277. The van der Waals surface area contributed by atoms with E-state index in [0.717, 1.165) is 0 Å². The minimum Gasteiger partial charge on any atom is -0.463 e. The molecule has 1 aromatic rings. The van der Waals surface area contributed by atoms with Gasteiger partial charge in [0.15, 0.2) is 11.9 Å². The average Bonchev–Trinajstić information content (AvgIpc) is 2.96. The molecular weight excluding hydrogens is 408 g/mol.